The summed E-state index contributed by atoms with van der Waals surface area (Å²) in [6, 6.07) is 14.4. The van der Waals surface area contributed by atoms with Gasteiger partial charge in [0.2, 0.25) is 0 Å². The fraction of sp³-hybridized carbons (Fsp3) is 0.348. The molecule has 5 rings (SSSR count). The smallest absolute Gasteiger partial charge is 0.0981 e. The van der Waals surface area contributed by atoms with Crippen LogP contribution in [-0.4, -0.2) is 25.8 Å². The Labute approximate surface area is 170 Å². The number of benzene rings is 2. The number of para-hydroxylation sites is 1. The zero-order valence-electron chi connectivity index (χ0n) is 16.2. The highest BCUT2D eigenvalue weighted by Gasteiger charge is 2.38. The Morgan fingerprint density at radius 3 is 2.68 bits per heavy atom. The second-order valence-corrected chi connectivity index (χ2v) is 8.38. The van der Waals surface area contributed by atoms with Crippen LogP contribution < -0.4 is 0 Å². The van der Waals surface area contributed by atoms with Gasteiger partial charge in [-0.15, -0.1) is 0 Å². The first-order valence-corrected chi connectivity index (χ1v) is 10.2. The zero-order valence-corrected chi connectivity index (χ0v) is 16.9. The van der Waals surface area contributed by atoms with Crippen molar-refractivity contribution in [2.75, 3.05) is 0 Å². The Balaban J connectivity index is 1.48. The molecule has 1 N–H and O–H groups in total. The Morgan fingerprint density at radius 2 is 1.89 bits per heavy atom. The molecule has 4 nitrogen and oxygen atoms in total. The Morgan fingerprint density at radius 1 is 1.07 bits per heavy atom. The first-order chi connectivity index (χ1) is 13.5. The average Bonchev–Trinajstić information content (AvgIpc) is 3.25. The summed E-state index contributed by atoms with van der Waals surface area (Å²) in [5.41, 5.74) is 7.97. The maximum absolute atomic E-state index is 11.3. The number of aryl methyl sites for hydroxylation is 2. The van der Waals surface area contributed by atoms with Gasteiger partial charge in [-0.2, -0.15) is 5.10 Å². The summed E-state index contributed by atoms with van der Waals surface area (Å²) in [4.78, 5) is 2.43. The highest BCUT2D eigenvalue weighted by molar-refractivity contribution is 6.32. The van der Waals surface area contributed by atoms with Gasteiger partial charge >= 0.3 is 0 Å². The van der Waals surface area contributed by atoms with Crippen LogP contribution in [0.4, 0.5) is 0 Å². The second kappa shape index (κ2) is 6.73. The van der Waals surface area contributed by atoms with E-state index in [4.69, 9.17) is 16.7 Å². The van der Waals surface area contributed by atoms with Crippen molar-refractivity contribution in [2.24, 2.45) is 0 Å². The third kappa shape index (κ3) is 2.71. The van der Waals surface area contributed by atoms with Crippen LogP contribution in [0.15, 0.2) is 42.5 Å². The van der Waals surface area contributed by atoms with Gasteiger partial charge in [0.15, 0.2) is 0 Å². The maximum Gasteiger partial charge on any atom is 0.0981 e. The molecule has 0 saturated carbocycles. The van der Waals surface area contributed by atoms with Crippen molar-refractivity contribution < 1.29 is 5.11 Å². The van der Waals surface area contributed by atoms with E-state index in [1.165, 1.54) is 16.7 Å². The molecular weight excluding hydrogens is 370 g/mol. The molecular formula is C23H24ClN3O. The third-order valence-electron chi connectivity index (χ3n) is 6.37. The lowest BCUT2D eigenvalue weighted by Gasteiger charge is -2.35. The van der Waals surface area contributed by atoms with E-state index in [2.05, 4.69) is 30.0 Å². The normalized spacial score (nSPS) is 21.6. The van der Waals surface area contributed by atoms with Crippen molar-refractivity contribution in [3.8, 4) is 5.69 Å². The summed E-state index contributed by atoms with van der Waals surface area (Å²) in [6.45, 7) is 6.03. The first kappa shape index (κ1) is 17.9. The molecule has 0 bridgehead atoms. The maximum atomic E-state index is 11.3. The third-order valence-corrected chi connectivity index (χ3v) is 6.69. The highest BCUT2D eigenvalue weighted by Crippen LogP contribution is 2.39. The van der Waals surface area contributed by atoms with E-state index < -0.39 is 6.10 Å². The van der Waals surface area contributed by atoms with Crippen LogP contribution in [0.25, 0.3) is 5.69 Å². The van der Waals surface area contributed by atoms with Crippen LogP contribution in [0.3, 0.4) is 0 Å². The predicted octanol–water partition coefficient (Wildman–Crippen LogP) is 4.51. The van der Waals surface area contributed by atoms with E-state index in [-0.39, 0.29) is 6.04 Å². The van der Waals surface area contributed by atoms with E-state index in [1.807, 2.05) is 35.9 Å². The molecule has 1 aliphatic heterocycles. The molecule has 2 aromatic carbocycles. The standard InChI is InChI=1S/C23H24ClN3O/c1-14-6-5-7-16-12-26(13-17(14)16)21-11-10-19-22(23(21)28)15(2)27(25-19)20-9-4-3-8-18(20)24/h3-9,21,23,28H,10-13H2,1-2H3/t21-,23+/m0/s1. The van der Waals surface area contributed by atoms with Gasteiger partial charge in [0.25, 0.3) is 0 Å². The minimum absolute atomic E-state index is 0.113. The summed E-state index contributed by atoms with van der Waals surface area (Å²) < 4.78 is 1.89. The number of fused-ring (bicyclic) bond motifs is 2. The molecule has 0 fully saturated rings. The number of aliphatic hydroxyl groups excluding tert-OH is 1. The van der Waals surface area contributed by atoms with Crippen LogP contribution in [0.2, 0.25) is 5.02 Å². The van der Waals surface area contributed by atoms with Crippen LogP contribution in [0, 0.1) is 13.8 Å². The van der Waals surface area contributed by atoms with Gasteiger partial charge in [-0.3, -0.25) is 4.90 Å². The molecule has 0 radical (unpaired) electrons. The van der Waals surface area contributed by atoms with Crippen LogP contribution in [0.5, 0.6) is 0 Å². The Hall–Kier alpha value is -2.14. The molecule has 1 aliphatic carbocycles. The van der Waals surface area contributed by atoms with Gasteiger partial charge in [-0.25, -0.2) is 4.68 Å². The minimum Gasteiger partial charge on any atom is -0.387 e. The van der Waals surface area contributed by atoms with Crippen molar-refractivity contribution in [1.29, 1.82) is 0 Å². The lowest BCUT2D eigenvalue weighted by atomic mass is 9.88. The van der Waals surface area contributed by atoms with E-state index in [0.29, 0.717) is 5.02 Å². The van der Waals surface area contributed by atoms with Crippen molar-refractivity contribution in [3.05, 3.63) is 81.1 Å². The van der Waals surface area contributed by atoms with Gasteiger partial charge in [-0.05, 0) is 55.5 Å². The molecule has 0 spiro atoms. The highest BCUT2D eigenvalue weighted by atomic mass is 35.5. The largest absolute Gasteiger partial charge is 0.387 e. The molecule has 2 heterocycles. The van der Waals surface area contributed by atoms with Gasteiger partial charge in [0.1, 0.15) is 0 Å². The number of rotatable bonds is 2. The van der Waals surface area contributed by atoms with Crippen LogP contribution in [0.1, 0.15) is 46.2 Å². The fourth-order valence-electron chi connectivity index (χ4n) is 4.87. The van der Waals surface area contributed by atoms with Gasteiger partial charge < -0.3 is 5.11 Å². The van der Waals surface area contributed by atoms with E-state index in [0.717, 1.165) is 48.6 Å². The molecule has 2 aliphatic rings. The fourth-order valence-corrected chi connectivity index (χ4v) is 5.08. The SMILES string of the molecule is Cc1cccc2c1CN([C@H]1CCc3nn(-c4ccccc4Cl)c(C)c3[C@@H]1O)C2. The number of halogens is 1. The minimum atomic E-state index is -0.533. The number of aliphatic hydroxyl groups is 1. The first-order valence-electron chi connectivity index (χ1n) is 9.87. The van der Waals surface area contributed by atoms with Gasteiger partial charge in [0.05, 0.1) is 22.5 Å². The lowest BCUT2D eigenvalue weighted by molar-refractivity contribution is 0.0332. The molecule has 144 valence electrons. The molecule has 0 amide bonds. The van der Waals surface area contributed by atoms with Crippen LogP contribution >= 0.6 is 11.6 Å². The van der Waals surface area contributed by atoms with E-state index >= 15 is 0 Å². The Kier molecular flexibility index (Phi) is 4.31. The molecule has 3 aromatic rings. The molecule has 2 atom stereocenters. The van der Waals surface area contributed by atoms with E-state index in [9.17, 15) is 5.11 Å². The summed E-state index contributed by atoms with van der Waals surface area (Å²) in [6.07, 6.45) is 1.26. The predicted molar refractivity (Wildman–Crippen MR) is 111 cm³/mol. The van der Waals surface area contributed by atoms with Crippen molar-refractivity contribution in [2.45, 2.75) is 51.9 Å². The molecule has 0 unspecified atom stereocenters. The summed E-state index contributed by atoms with van der Waals surface area (Å²) >= 11 is 6.40. The van der Waals surface area contributed by atoms with E-state index in [1.54, 1.807) is 0 Å². The number of hydrogen-bond donors (Lipinski definition) is 1. The zero-order chi connectivity index (χ0) is 19.4. The van der Waals surface area contributed by atoms with Crippen molar-refractivity contribution >= 4 is 11.6 Å². The average molecular weight is 394 g/mol. The Bertz CT molecular complexity index is 1060. The molecule has 0 saturated heterocycles. The van der Waals surface area contributed by atoms with Gasteiger partial charge in [0, 0.05) is 30.4 Å². The van der Waals surface area contributed by atoms with Crippen molar-refractivity contribution in [3.63, 3.8) is 0 Å². The molecule has 28 heavy (non-hydrogen) atoms. The quantitative estimate of drug-likeness (QED) is 0.696. The number of hydrogen-bond acceptors (Lipinski definition) is 3. The van der Waals surface area contributed by atoms with Crippen molar-refractivity contribution in [1.82, 2.24) is 14.7 Å². The second-order valence-electron chi connectivity index (χ2n) is 7.98. The summed E-state index contributed by atoms with van der Waals surface area (Å²) in [7, 11) is 0. The number of nitrogens with zero attached hydrogens (tertiary/aromatic N) is 3. The topological polar surface area (TPSA) is 41.3 Å². The monoisotopic (exact) mass is 393 g/mol. The summed E-state index contributed by atoms with van der Waals surface area (Å²) in [5.74, 6) is 0. The van der Waals surface area contributed by atoms with Crippen LogP contribution in [-0.2, 0) is 19.5 Å². The molecule has 5 heteroatoms. The summed E-state index contributed by atoms with van der Waals surface area (Å²) in [5, 5.41) is 16.8. The lowest BCUT2D eigenvalue weighted by Crippen LogP contribution is -2.39. The number of aromatic nitrogens is 2. The molecule has 1 aromatic heterocycles. The van der Waals surface area contributed by atoms with Gasteiger partial charge in [-0.1, -0.05) is 41.9 Å².